The van der Waals surface area contributed by atoms with Crippen LogP contribution in [0.15, 0.2) is 36.4 Å². The van der Waals surface area contributed by atoms with Gasteiger partial charge in [0.2, 0.25) is 0 Å². The van der Waals surface area contributed by atoms with Crippen molar-refractivity contribution >= 4 is 11.4 Å². The van der Waals surface area contributed by atoms with E-state index in [1.165, 1.54) is 33.6 Å². The molecule has 194 valence electrons. The Balaban J connectivity index is 0. The Morgan fingerprint density at radius 1 is 0.500 bits per heavy atom. The zero-order valence-electron chi connectivity index (χ0n) is 22.2. The average molecular weight is 685 g/mol. The van der Waals surface area contributed by atoms with Gasteiger partial charge >= 0.3 is 19.8 Å². The van der Waals surface area contributed by atoms with E-state index >= 15 is 0 Å². The van der Waals surface area contributed by atoms with Crippen molar-refractivity contribution in [3.05, 3.63) is 58.7 Å². The monoisotopic (exact) mass is 685 g/mol. The summed E-state index contributed by atoms with van der Waals surface area (Å²) in [5.41, 5.74) is 8.33. The first-order valence-corrected chi connectivity index (χ1v) is 12.2. The average Bonchev–Trinajstić information content (AvgIpc) is 2.72. The Morgan fingerprint density at radius 2 is 0.765 bits per heavy atom. The molecule has 0 amide bonds. The van der Waals surface area contributed by atoms with E-state index in [9.17, 15) is 0 Å². The summed E-state index contributed by atoms with van der Waals surface area (Å²) in [5, 5.41) is 11.0. The fourth-order valence-corrected chi connectivity index (χ4v) is 4.19. The second-order valence-electron chi connectivity index (χ2n) is 9.85. The van der Waals surface area contributed by atoms with Crippen molar-refractivity contribution in [2.24, 2.45) is 0 Å². The van der Waals surface area contributed by atoms with E-state index in [0.29, 0.717) is 23.7 Å². The molecule has 0 heterocycles. The second-order valence-corrected chi connectivity index (χ2v) is 9.85. The van der Waals surface area contributed by atoms with Crippen LogP contribution in [0.1, 0.15) is 101 Å². The molecule has 0 radical (unpaired) electrons. The van der Waals surface area contributed by atoms with Gasteiger partial charge in [-0.2, -0.15) is 0 Å². The summed E-state index contributed by atoms with van der Waals surface area (Å²) in [7, 11) is 0. The summed E-state index contributed by atoms with van der Waals surface area (Å²) in [6, 6.07) is 13.4. The number of anilines is 2. The molecule has 3 N–H and O–H groups in total. The van der Waals surface area contributed by atoms with Crippen LogP contribution in [-0.4, -0.2) is 26.2 Å². The van der Waals surface area contributed by atoms with E-state index in [0.717, 1.165) is 26.2 Å². The van der Waals surface area contributed by atoms with Gasteiger partial charge in [-0.15, -0.1) is 0 Å². The van der Waals surface area contributed by atoms with E-state index < -0.39 is 0 Å². The number of halogens is 2. The van der Waals surface area contributed by atoms with Gasteiger partial charge in [0.25, 0.3) is 0 Å². The third-order valence-electron chi connectivity index (χ3n) is 5.95. The Bertz CT molecular complexity index is 703. The van der Waals surface area contributed by atoms with Gasteiger partial charge in [-0.25, -0.2) is 0 Å². The number of benzene rings is 2. The van der Waals surface area contributed by atoms with Gasteiger partial charge in [-0.05, 0) is 45.9 Å². The summed E-state index contributed by atoms with van der Waals surface area (Å²) in [5.74, 6) is 2.09. The molecule has 0 aliphatic carbocycles. The molecule has 0 atom stereocenters. The van der Waals surface area contributed by atoms with Crippen LogP contribution < -0.4 is 40.8 Å². The second kappa shape index (κ2) is 17.6. The fraction of sp³-hybridized carbons (Fsp3) is 0.571. The molecule has 0 aromatic heterocycles. The predicted molar refractivity (Wildman–Crippen MR) is 139 cm³/mol. The van der Waals surface area contributed by atoms with Crippen molar-refractivity contribution < 1.29 is 44.6 Å². The summed E-state index contributed by atoms with van der Waals surface area (Å²) >= 11 is 0. The van der Waals surface area contributed by atoms with Gasteiger partial charge in [0.15, 0.2) is 0 Å². The minimum absolute atomic E-state index is 0. The number of hydrogen-bond donors (Lipinski definition) is 3. The minimum atomic E-state index is 0. The van der Waals surface area contributed by atoms with E-state index in [-0.39, 0.29) is 44.6 Å². The smallest absolute Gasteiger partial charge is 1.00 e. The molecule has 2 aromatic carbocycles. The maximum atomic E-state index is 3.72. The quantitative estimate of drug-likeness (QED) is 0.296. The van der Waals surface area contributed by atoms with Crippen LogP contribution in [0.25, 0.3) is 0 Å². The minimum Gasteiger partial charge on any atom is -1.00 e. The van der Waals surface area contributed by atoms with E-state index in [2.05, 4.69) is 108 Å². The number of nitrogens with one attached hydrogen (secondary N) is 3. The zero-order chi connectivity index (χ0) is 23.0. The SMILES string of the molecule is CC(C)c1cccc(C(C)C)c1NCCNCCNc1c(C(C)C)cccc1C(C)C.[Cl-].[Cl-].[Os+2]. The van der Waals surface area contributed by atoms with Gasteiger partial charge in [0.1, 0.15) is 0 Å². The maximum absolute atomic E-state index is 3.72. The van der Waals surface area contributed by atoms with Crippen molar-refractivity contribution in [1.29, 1.82) is 0 Å². The Morgan fingerprint density at radius 3 is 1.00 bits per heavy atom. The van der Waals surface area contributed by atoms with Crippen molar-refractivity contribution in [2.45, 2.75) is 79.1 Å². The first-order chi connectivity index (χ1) is 14.7. The largest absolute Gasteiger partial charge is 2.00 e. The normalized spacial score (nSPS) is 10.7. The van der Waals surface area contributed by atoms with Crippen molar-refractivity contribution in [3.8, 4) is 0 Å². The number of hydrogen-bond acceptors (Lipinski definition) is 3. The molecule has 6 heteroatoms. The van der Waals surface area contributed by atoms with Crippen molar-refractivity contribution in [1.82, 2.24) is 5.32 Å². The summed E-state index contributed by atoms with van der Waals surface area (Å²) in [4.78, 5) is 0. The van der Waals surface area contributed by atoms with E-state index in [1.54, 1.807) is 0 Å². The molecule has 34 heavy (non-hydrogen) atoms. The molecule has 0 aliphatic rings. The van der Waals surface area contributed by atoms with Crippen LogP contribution in [0, 0.1) is 0 Å². The third-order valence-corrected chi connectivity index (χ3v) is 5.95. The first kappa shape index (κ1) is 35.4. The van der Waals surface area contributed by atoms with E-state index in [1.807, 2.05) is 0 Å². The standard InChI is InChI=1S/C28H45N3.2ClH.Os/c1-19(2)23-11-9-12-24(20(3)4)27(23)30-17-15-29-16-18-31-28-25(21(5)6)13-10-14-26(28)22(7)8;;;/h9-14,19-22,29-31H,15-18H2,1-8H3;2*1H;/q;;;+2/p-2. The molecule has 0 saturated heterocycles. The fourth-order valence-electron chi connectivity index (χ4n) is 4.19. The summed E-state index contributed by atoms with van der Waals surface area (Å²) < 4.78 is 0. The van der Waals surface area contributed by atoms with Gasteiger partial charge < -0.3 is 40.8 Å². The van der Waals surface area contributed by atoms with Crippen LogP contribution in [0.3, 0.4) is 0 Å². The molecular formula is C28H45Cl2N3Os. The van der Waals surface area contributed by atoms with Crippen LogP contribution >= 0.6 is 0 Å². The van der Waals surface area contributed by atoms with Gasteiger partial charge in [-0.1, -0.05) is 91.8 Å². The first-order valence-electron chi connectivity index (χ1n) is 12.2. The van der Waals surface area contributed by atoms with Gasteiger partial charge in [0.05, 0.1) is 0 Å². The van der Waals surface area contributed by atoms with Crippen LogP contribution in [0.4, 0.5) is 11.4 Å². The number of rotatable bonds is 12. The molecule has 2 rings (SSSR count). The molecule has 0 saturated carbocycles. The Hall–Kier alpha value is -0.784. The van der Waals surface area contributed by atoms with Gasteiger partial charge in [-0.3, -0.25) is 0 Å². The predicted octanol–water partition coefficient (Wildman–Crippen LogP) is 1.30. The number of para-hydroxylation sites is 2. The molecule has 3 nitrogen and oxygen atoms in total. The molecular weight excluding hydrogens is 639 g/mol. The molecule has 0 aliphatic heterocycles. The van der Waals surface area contributed by atoms with Crippen molar-refractivity contribution in [3.63, 3.8) is 0 Å². The van der Waals surface area contributed by atoms with Gasteiger partial charge in [0, 0.05) is 37.6 Å². The molecule has 0 unspecified atom stereocenters. The molecule has 0 fully saturated rings. The Kier molecular flexibility index (Phi) is 18.3. The van der Waals surface area contributed by atoms with Crippen LogP contribution in [-0.2, 0) is 19.8 Å². The summed E-state index contributed by atoms with van der Waals surface area (Å²) in [6.07, 6.45) is 0. The Labute approximate surface area is 234 Å². The molecule has 0 spiro atoms. The molecule has 2 aromatic rings. The topological polar surface area (TPSA) is 36.1 Å². The molecule has 0 bridgehead atoms. The van der Waals surface area contributed by atoms with E-state index in [4.69, 9.17) is 0 Å². The van der Waals surface area contributed by atoms with Crippen molar-refractivity contribution in [2.75, 3.05) is 36.8 Å². The summed E-state index contributed by atoms with van der Waals surface area (Å²) in [6.45, 7) is 22.0. The zero-order valence-corrected chi connectivity index (χ0v) is 26.3. The maximum Gasteiger partial charge on any atom is 2.00 e. The van der Waals surface area contributed by atoms with Crippen LogP contribution in [0.5, 0.6) is 0 Å². The van der Waals surface area contributed by atoms with Crippen LogP contribution in [0.2, 0.25) is 0 Å². The third kappa shape index (κ3) is 10.1.